The van der Waals surface area contributed by atoms with Gasteiger partial charge in [-0.3, -0.25) is 18.6 Å². The van der Waals surface area contributed by atoms with Crippen LogP contribution in [0.5, 0.6) is 0 Å². The van der Waals surface area contributed by atoms with E-state index in [0.29, 0.717) is 6.42 Å². The molecule has 9 nitrogen and oxygen atoms in total. The van der Waals surface area contributed by atoms with E-state index in [2.05, 4.69) is 148 Å². The van der Waals surface area contributed by atoms with E-state index < -0.39 is 26.5 Å². The van der Waals surface area contributed by atoms with Gasteiger partial charge in [-0.05, 0) is 116 Å². The zero-order chi connectivity index (χ0) is 60.1. The van der Waals surface area contributed by atoms with Crippen LogP contribution in [0.25, 0.3) is 0 Å². The van der Waals surface area contributed by atoms with Gasteiger partial charge in [-0.1, -0.05) is 289 Å². The Balaban J connectivity index is 3.97. The van der Waals surface area contributed by atoms with Crippen molar-refractivity contribution in [3.63, 3.8) is 0 Å². The summed E-state index contributed by atoms with van der Waals surface area (Å²) < 4.78 is 33.2. The first-order valence-corrected chi connectivity index (χ1v) is 35.2. The second kappa shape index (κ2) is 67.3. The summed E-state index contributed by atoms with van der Waals surface area (Å²) in [5, 5.41) is 0. The molecular formula is C73H124NO8P. The third-order valence-corrected chi connectivity index (χ3v) is 15.0. The van der Waals surface area contributed by atoms with Gasteiger partial charge in [0.25, 0.3) is 0 Å². The van der Waals surface area contributed by atoms with E-state index >= 15 is 0 Å². The fourth-order valence-electron chi connectivity index (χ4n) is 9.07. The minimum Gasteiger partial charge on any atom is -0.462 e. The van der Waals surface area contributed by atoms with Crippen LogP contribution < -0.4 is 5.73 Å². The van der Waals surface area contributed by atoms with Crippen molar-refractivity contribution < 1.29 is 37.6 Å². The van der Waals surface area contributed by atoms with Gasteiger partial charge in [0.15, 0.2) is 6.10 Å². The fourth-order valence-corrected chi connectivity index (χ4v) is 9.84. The van der Waals surface area contributed by atoms with Crippen molar-refractivity contribution in [1.82, 2.24) is 0 Å². The summed E-state index contributed by atoms with van der Waals surface area (Å²) in [5.74, 6) is -0.836. The summed E-state index contributed by atoms with van der Waals surface area (Å²) in [6.07, 6.45) is 95.2. The second-order valence-corrected chi connectivity index (χ2v) is 23.4. The van der Waals surface area contributed by atoms with Gasteiger partial charge in [-0.25, -0.2) is 4.57 Å². The molecule has 83 heavy (non-hydrogen) atoms. The summed E-state index contributed by atoms with van der Waals surface area (Å²) in [5.41, 5.74) is 5.40. The molecule has 474 valence electrons. The number of phosphoric acid groups is 1. The van der Waals surface area contributed by atoms with Gasteiger partial charge in [0, 0.05) is 19.4 Å². The average Bonchev–Trinajstić information content (AvgIpc) is 3.48. The van der Waals surface area contributed by atoms with Crippen molar-refractivity contribution >= 4 is 19.8 Å². The molecule has 0 aromatic carbocycles. The highest BCUT2D eigenvalue weighted by Crippen LogP contribution is 2.43. The van der Waals surface area contributed by atoms with Gasteiger partial charge in [-0.15, -0.1) is 0 Å². The number of esters is 2. The van der Waals surface area contributed by atoms with Gasteiger partial charge in [0.05, 0.1) is 13.2 Å². The predicted molar refractivity (Wildman–Crippen MR) is 357 cm³/mol. The van der Waals surface area contributed by atoms with Crippen molar-refractivity contribution in [3.05, 3.63) is 134 Å². The molecule has 0 rings (SSSR count). The van der Waals surface area contributed by atoms with Crippen molar-refractivity contribution in [2.75, 3.05) is 26.4 Å². The lowest BCUT2D eigenvalue weighted by Crippen LogP contribution is -2.29. The lowest BCUT2D eigenvalue weighted by Gasteiger charge is -2.19. The van der Waals surface area contributed by atoms with E-state index in [-0.39, 0.29) is 38.6 Å². The summed E-state index contributed by atoms with van der Waals surface area (Å²) in [7, 11) is -4.40. The number of hydrogen-bond acceptors (Lipinski definition) is 8. The highest BCUT2D eigenvalue weighted by molar-refractivity contribution is 7.47. The van der Waals surface area contributed by atoms with Crippen molar-refractivity contribution in [1.29, 1.82) is 0 Å². The molecule has 0 radical (unpaired) electrons. The molecule has 0 amide bonds. The van der Waals surface area contributed by atoms with Gasteiger partial charge >= 0.3 is 19.8 Å². The predicted octanol–water partition coefficient (Wildman–Crippen LogP) is 22.1. The Hall–Kier alpha value is -3.85. The Morgan fingerprint density at radius 2 is 0.663 bits per heavy atom. The van der Waals surface area contributed by atoms with E-state index in [0.717, 1.165) is 109 Å². The number of nitrogens with two attached hydrogens (primary N) is 1. The van der Waals surface area contributed by atoms with Crippen LogP contribution >= 0.6 is 7.82 Å². The number of ether oxygens (including phenoxy) is 2. The minimum absolute atomic E-state index is 0.0467. The molecule has 3 N–H and O–H groups in total. The number of phosphoric ester groups is 1. The summed E-state index contributed by atoms with van der Waals surface area (Å²) in [4.78, 5) is 35.3. The van der Waals surface area contributed by atoms with Crippen LogP contribution in [0, 0.1) is 0 Å². The molecule has 0 aromatic heterocycles. The van der Waals surface area contributed by atoms with Gasteiger partial charge in [0.2, 0.25) is 0 Å². The molecule has 0 aromatic rings. The molecule has 0 bridgehead atoms. The topological polar surface area (TPSA) is 134 Å². The van der Waals surface area contributed by atoms with E-state index in [4.69, 9.17) is 24.3 Å². The quantitative estimate of drug-likeness (QED) is 0.0264. The van der Waals surface area contributed by atoms with Crippen LogP contribution in [0.2, 0.25) is 0 Å². The SMILES string of the molecule is CC/C=C\C/C=C\C/C=C\C/C=C\C/C=C\C/C=C\C/C=C\C/C=C\CCCCCCCCCCCCC(=O)OC(COC(=O)CCCCCCCCCCCCCC/C=C\C/C=C\C/C=C\CCCCCCC)COP(=O)(O)OCCN. The molecule has 0 spiro atoms. The number of carbonyl (C=O) groups excluding carboxylic acids is 2. The van der Waals surface area contributed by atoms with Gasteiger partial charge in [-0.2, -0.15) is 0 Å². The van der Waals surface area contributed by atoms with Crippen LogP contribution in [0.4, 0.5) is 0 Å². The van der Waals surface area contributed by atoms with Gasteiger partial charge in [0.1, 0.15) is 6.61 Å². The zero-order valence-corrected chi connectivity index (χ0v) is 54.0. The van der Waals surface area contributed by atoms with Crippen LogP contribution in [0.3, 0.4) is 0 Å². The number of hydrogen-bond donors (Lipinski definition) is 2. The maximum absolute atomic E-state index is 12.8. The molecular weight excluding hydrogens is 1050 g/mol. The summed E-state index contributed by atoms with van der Waals surface area (Å²) >= 11 is 0. The molecule has 0 aliphatic rings. The third-order valence-electron chi connectivity index (χ3n) is 14.0. The maximum Gasteiger partial charge on any atom is 0.472 e. The van der Waals surface area contributed by atoms with Crippen molar-refractivity contribution in [2.24, 2.45) is 5.73 Å². The molecule has 0 heterocycles. The zero-order valence-electron chi connectivity index (χ0n) is 53.1. The van der Waals surface area contributed by atoms with E-state index in [1.165, 1.54) is 141 Å². The molecule has 2 atom stereocenters. The maximum atomic E-state index is 12.8. The first-order chi connectivity index (χ1) is 40.8. The Labute approximate surface area is 510 Å². The first-order valence-electron chi connectivity index (χ1n) is 33.7. The van der Waals surface area contributed by atoms with Crippen LogP contribution in [0.1, 0.15) is 284 Å². The molecule has 0 saturated carbocycles. The Kier molecular flexibility index (Phi) is 64.2. The lowest BCUT2D eigenvalue weighted by molar-refractivity contribution is -0.161. The summed E-state index contributed by atoms with van der Waals surface area (Å²) in [6.45, 7) is 3.62. The van der Waals surface area contributed by atoms with E-state index in [1.807, 2.05) is 0 Å². The fraction of sp³-hybridized carbons (Fsp3) is 0.671. The van der Waals surface area contributed by atoms with Gasteiger partial charge < -0.3 is 20.1 Å². The average molecular weight is 1170 g/mol. The third kappa shape index (κ3) is 67.2. The van der Waals surface area contributed by atoms with Crippen LogP contribution in [-0.2, 0) is 32.7 Å². The Bertz CT molecular complexity index is 1820. The van der Waals surface area contributed by atoms with Crippen molar-refractivity contribution in [3.8, 4) is 0 Å². The number of carbonyl (C=O) groups is 2. The molecule has 0 aliphatic heterocycles. The number of unbranched alkanes of at least 4 members (excludes halogenated alkanes) is 27. The second-order valence-electron chi connectivity index (χ2n) is 22.0. The van der Waals surface area contributed by atoms with E-state index in [1.54, 1.807) is 0 Å². The Morgan fingerprint density at radius 1 is 0.373 bits per heavy atom. The molecule has 2 unspecified atom stereocenters. The smallest absolute Gasteiger partial charge is 0.462 e. The highest BCUT2D eigenvalue weighted by Gasteiger charge is 2.26. The number of rotatable bonds is 62. The van der Waals surface area contributed by atoms with Crippen molar-refractivity contribution in [2.45, 2.75) is 290 Å². The highest BCUT2D eigenvalue weighted by atomic mass is 31.2. The standard InChI is InChI=1S/C73H124NO8P/c1-3-5-7-9-11-13-15-17-19-21-23-25-27-29-31-32-33-34-35-36-37-38-40-42-44-46-48-50-52-54-56-58-60-62-64-66-73(76)82-71(70-81-83(77,78)80-68-67-74)69-79-72(75)65-63-61-59-57-55-53-51-49-47-45-43-41-39-30-28-26-24-22-20-18-16-14-12-10-8-6-4-2/h5,7,11,13,16-19,22-25,28-31,33-34,36-37,40,42,71H,3-4,6,8-10,12,14-15,20-21,26-27,32,35,38-39,41,43-70,74H2,1-2H3,(H,77,78)/b7-5-,13-11-,18-16-,19-17-,24-22-,25-23-,30-28-,31-29-,34-33-,37-36-,42-40-. The van der Waals surface area contributed by atoms with Crippen LogP contribution in [0.15, 0.2) is 134 Å². The molecule has 0 saturated heterocycles. The Morgan fingerprint density at radius 3 is 0.988 bits per heavy atom. The molecule has 0 aliphatic carbocycles. The first kappa shape index (κ1) is 79.2. The normalized spacial score (nSPS) is 13.8. The largest absolute Gasteiger partial charge is 0.472 e. The number of allylic oxidation sites excluding steroid dienone is 22. The summed E-state index contributed by atoms with van der Waals surface area (Å²) in [6, 6.07) is 0. The molecule has 10 heteroatoms. The monoisotopic (exact) mass is 1170 g/mol. The van der Waals surface area contributed by atoms with Crippen LogP contribution in [-0.4, -0.2) is 49.3 Å². The lowest BCUT2D eigenvalue weighted by atomic mass is 10.0. The minimum atomic E-state index is -4.40. The molecule has 0 fully saturated rings. The van der Waals surface area contributed by atoms with E-state index in [9.17, 15) is 19.0 Å².